The highest BCUT2D eigenvalue weighted by molar-refractivity contribution is 5.98. The number of carboxylic acid groups (broad SMARTS) is 1. The maximum atomic E-state index is 11.4. The van der Waals surface area contributed by atoms with Gasteiger partial charge in [0.1, 0.15) is 18.2 Å². The Labute approximate surface area is 109 Å². The number of anilines is 2. The van der Waals surface area contributed by atoms with Gasteiger partial charge in [-0.05, 0) is 24.3 Å². The van der Waals surface area contributed by atoms with Crippen molar-refractivity contribution < 1.29 is 14.7 Å². The number of carboxylic acids is 1. The van der Waals surface area contributed by atoms with Crippen LogP contribution in [0.3, 0.4) is 0 Å². The minimum Gasteiger partial charge on any atom is -0.480 e. The zero-order valence-corrected chi connectivity index (χ0v) is 9.88. The molecule has 1 amide bonds. The standard InChI is InChI=1S/C12H12N4O3/c13-5-8(12(19)16-7-11(17)18)6-15-10-3-1-9(14)2-4-10/h1-4,6,15H,7,14H2,(H,16,19)(H,17,18)/b8-6-. The van der Waals surface area contributed by atoms with Gasteiger partial charge in [0, 0.05) is 17.6 Å². The van der Waals surface area contributed by atoms with Gasteiger partial charge in [-0.2, -0.15) is 5.26 Å². The van der Waals surface area contributed by atoms with Crippen LogP contribution in [0.15, 0.2) is 36.0 Å². The molecule has 0 saturated carbocycles. The zero-order chi connectivity index (χ0) is 14.3. The second kappa shape index (κ2) is 6.66. The lowest BCUT2D eigenvalue weighted by Gasteiger charge is -2.03. The van der Waals surface area contributed by atoms with Gasteiger partial charge >= 0.3 is 5.97 Å². The van der Waals surface area contributed by atoms with Crippen LogP contribution in [0.5, 0.6) is 0 Å². The van der Waals surface area contributed by atoms with Crippen molar-refractivity contribution in [2.45, 2.75) is 0 Å². The average Bonchev–Trinajstić information content (AvgIpc) is 2.39. The summed E-state index contributed by atoms with van der Waals surface area (Å²) in [6.45, 7) is -0.542. The number of nitrogen functional groups attached to an aromatic ring is 1. The van der Waals surface area contributed by atoms with Crippen LogP contribution in [0.1, 0.15) is 0 Å². The van der Waals surface area contributed by atoms with Crippen molar-refractivity contribution in [1.29, 1.82) is 5.26 Å². The van der Waals surface area contributed by atoms with Crippen molar-refractivity contribution in [2.24, 2.45) is 0 Å². The average molecular weight is 260 g/mol. The molecule has 0 aliphatic heterocycles. The fraction of sp³-hybridized carbons (Fsp3) is 0.0833. The van der Waals surface area contributed by atoms with Crippen molar-refractivity contribution in [2.75, 3.05) is 17.6 Å². The number of nitrogens with one attached hydrogen (secondary N) is 2. The number of rotatable bonds is 5. The molecule has 0 aliphatic rings. The Kier molecular flexibility index (Phi) is 4.93. The van der Waals surface area contributed by atoms with E-state index in [2.05, 4.69) is 10.6 Å². The number of carbonyl (C=O) groups is 2. The molecule has 0 saturated heterocycles. The summed E-state index contributed by atoms with van der Waals surface area (Å²) in [5.41, 5.74) is 6.52. The fourth-order valence-corrected chi connectivity index (χ4v) is 1.13. The van der Waals surface area contributed by atoms with E-state index < -0.39 is 18.4 Å². The number of benzene rings is 1. The smallest absolute Gasteiger partial charge is 0.322 e. The van der Waals surface area contributed by atoms with Gasteiger partial charge in [-0.1, -0.05) is 0 Å². The van der Waals surface area contributed by atoms with E-state index >= 15 is 0 Å². The molecule has 0 aromatic heterocycles. The number of nitrogens with zero attached hydrogens (tertiary/aromatic N) is 1. The van der Waals surface area contributed by atoms with Gasteiger partial charge in [-0.25, -0.2) is 0 Å². The number of amides is 1. The van der Waals surface area contributed by atoms with Crippen LogP contribution in [-0.2, 0) is 9.59 Å². The molecule has 0 heterocycles. The molecule has 0 bridgehead atoms. The van der Waals surface area contributed by atoms with E-state index in [1.165, 1.54) is 6.20 Å². The molecular formula is C12H12N4O3. The van der Waals surface area contributed by atoms with Crippen molar-refractivity contribution in [3.05, 3.63) is 36.0 Å². The molecule has 7 heteroatoms. The van der Waals surface area contributed by atoms with E-state index in [1.807, 2.05) is 0 Å². The molecule has 0 unspecified atom stereocenters. The van der Waals surface area contributed by atoms with Crippen LogP contribution in [0.2, 0.25) is 0 Å². The summed E-state index contributed by atoms with van der Waals surface area (Å²) in [5, 5.41) is 22.0. The Balaban J connectivity index is 2.66. The Morgan fingerprint density at radius 2 is 2.00 bits per heavy atom. The third kappa shape index (κ3) is 4.79. The third-order valence-corrected chi connectivity index (χ3v) is 2.06. The molecule has 0 atom stereocenters. The quantitative estimate of drug-likeness (QED) is 0.342. The second-order valence-corrected chi connectivity index (χ2v) is 3.51. The molecule has 0 spiro atoms. The van der Waals surface area contributed by atoms with Gasteiger partial charge in [0.15, 0.2) is 0 Å². The van der Waals surface area contributed by atoms with Gasteiger partial charge in [0.2, 0.25) is 0 Å². The van der Waals surface area contributed by atoms with Crippen molar-refractivity contribution in [1.82, 2.24) is 5.32 Å². The number of aliphatic carboxylic acids is 1. The molecule has 1 aromatic carbocycles. The second-order valence-electron chi connectivity index (χ2n) is 3.51. The Morgan fingerprint density at radius 3 is 2.53 bits per heavy atom. The highest BCUT2D eigenvalue weighted by Crippen LogP contribution is 2.10. The van der Waals surface area contributed by atoms with Crippen molar-refractivity contribution >= 4 is 23.3 Å². The molecule has 7 nitrogen and oxygen atoms in total. The minimum atomic E-state index is -1.18. The van der Waals surface area contributed by atoms with Crippen LogP contribution >= 0.6 is 0 Å². The SMILES string of the molecule is N#C/C(=C/Nc1ccc(N)cc1)C(=O)NCC(=O)O. The lowest BCUT2D eigenvalue weighted by atomic mass is 10.2. The zero-order valence-electron chi connectivity index (χ0n) is 9.88. The largest absolute Gasteiger partial charge is 0.480 e. The summed E-state index contributed by atoms with van der Waals surface area (Å²) >= 11 is 0. The first kappa shape index (κ1) is 14.1. The van der Waals surface area contributed by atoms with Crippen molar-refractivity contribution in [3.63, 3.8) is 0 Å². The van der Waals surface area contributed by atoms with Gasteiger partial charge in [-0.3, -0.25) is 9.59 Å². The first-order valence-corrected chi connectivity index (χ1v) is 5.25. The van der Waals surface area contributed by atoms with Crippen LogP contribution in [0.4, 0.5) is 11.4 Å². The molecular weight excluding hydrogens is 248 g/mol. The molecule has 0 aliphatic carbocycles. The van der Waals surface area contributed by atoms with Crippen LogP contribution in [-0.4, -0.2) is 23.5 Å². The van der Waals surface area contributed by atoms with Gasteiger partial charge in [0.05, 0.1) is 0 Å². The topological polar surface area (TPSA) is 128 Å². The summed E-state index contributed by atoms with van der Waals surface area (Å²) in [7, 11) is 0. The van der Waals surface area contributed by atoms with Gasteiger partial charge < -0.3 is 21.5 Å². The van der Waals surface area contributed by atoms with Crippen LogP contribution in [0, 0.1) is 11.3 Å². The number of hydrogen-bond donors (Lipinski definition) is 4. The van der Waals surface area contributed by atoms with E-state index in [0.717, 1.165) is 0 Å². The first-order chi connectivity index (χ1) is 9.02. The fourth-order valence-electron chi connectivity index (χ4n) is 1.13. The molecule has 1 rings (SSSR count). The van der Waals surface area contributed by atoms with E-state index in [1.54, 1.807) is 30.3 Å². The third-order valence-electron chi connectivity index (χ3n) is 2.06. The Hall–Kier alpha value is -3.01. The monoisotopic (exact) mass is 260 g/mol. The molecule has 98 valence electrons. The van der Waals surface area contributed by atoms with E-state index in [-0.39, 0.29) is 5.57 Å². The predicted octanol–water partition coefficient (Wildman–Crippen LogP) is 0.289. The molecule has 0 radical (unpaired) electrons. The number of nitriles is 1. The Bertz CT molecular complexity index is 543. The molecule has 1 aromatic rings. The van der Waals surface area contributed by atoms with Crippen LogP contribution < -0.4 is 16.4 Å². The van der Waals surface area contributed by atoms with Gasteiger partial charge in [0.25, 0.3) is 5.91 Å². The number of hydrogen-bond acceptors (Lipinski definition) is 5. The highest BCUT2D eigenvalue weighted by atomic mass is 16.4. The van der Waals surface area contributed by atoms with Crippen molar-refractivity contribution in [3.8, 4) is 6.07 Å². The molecule has 19 heavy (non-hydrogen) atoms. The minimum absolute atomic E-state index is 0.224. The van der Waals surface area contributed by atoms with Crippen LogP contribution in [0.25, 0.3) is 0 Å². The number of nitrogens with two attached hydrogens (primary N) is 1. The summed E-state index contributed by atoms with van der Waals surface area (Å²) in [6.07, 6.45) is 1.20. The lowest BCUT2D eigenvalue weighted by molar-refractivity contribution is -0.137. The van der Waals surface area contributed by atoms with E-state index in [4.69, 9.17) is 16.1 Å². The summed E-state index contributed by atoms with van der Waals surface area (Å²) < 4.78 is 0. The maximum Gasteiger partial charge on any atom is 0.322 e. The molecule has 5 N–H and O–H groups in total. The summed E-state index contributed by atoms with van der Waals surface area (Å²) in [5.74, 6) is -1.94. The normalized spacial score (nSPS) is 10.4. The predicted molar refractivity (Wildman–Crippen MR) is 68.8 cm³/mol. The summed E-state index contributed by atoms with van der Waals surface area (Å²) in [4.78, 5) is 21.7. The molecule has 0 fully saturated rings. The highest BCUT2D eigenvalue weighted by Gasteiger charge is 2.09. The first-order valence-electron chi connectivity index (χ1n) is 5.25. The number of carbonyl (C=O) groups excluding carboxylic acids is 1. The van der Waals surface area contributed by atoms with Gasteiger partial charge in [-0.15, -0.1) is 0 Å². The maximum absolute atomic E-state index is 11.4. The van der Waals surface area contributed by atoms with E-state index in [9.17, 15) is 9.59 Å². The lowest BCUT2D eigenvalue weighted by Crippen LogP contribution is -2.30. The Morgan fingerprint density at radius 1 is 1.37 bits per heavy atom. The summed E-state index contributed by atoms with van der Waals surface area (Å²) in [6, 6.07) is 8.35. The van der Waals surface area contributed by atoms with E-state index in [0.29, 0.717) is 11.4 Å².